The van der Waals surface area contributed by atoms with Gasteiger partial charge in [0.05, 0.1) is 5.60 Å². The Labute approximate surface area is 87.0 Å². The predicted molar refractivity (Wildman–Crippen MR) is 58.0 cm³/mol. The minimum absolute atomic E-state index is 0.161. The maximum absolute atomic E-state index is 9.35. The van der Waals surface area contributed by atoms with E-state index in [4.69, 9.17) is 4.74 Å². The molecule has 1 rings (SSSR count). The van der Waals surface area contributed by atoms with Gasteiger partial charge < -0.3 is 9.84 Å². The Morgan fingerprint density at radius 1 is 1.21 bits per heavy atom. The molecule has 1 unspecified atom stereocenters. The van der Waals surface area contributed by atoms with Crippen LogP contribution in [0.5, 0.6) is 0 Å². The maximum atomic E-state index is 9.35. The van der Waals surface area contributed by atoms with E-state index in [-0.39, 0.29) is 5.60 Å². The summed E-state index contributed by atoms with van der Waals surface area (Å²) < 4.78 is 5.60. The van der Waals surface area contributed by atoms with Gasteiger partial charge in [0, 0.05) is 0 Å². The number of hydrogen-bond donors (Lipinski definition) is 1. The van der Waals surface area contributed by atoms with Crippen LogP contribution in [0.1, 0.15) is 52.4 Å². The third-order valence-corrected chi connectivity index (χ3v) is 2.83. The van der Waals surface area contributed by atoms with Crippen molar-refractivity contribution in [3.8, 4) is 0 Å². The molecular weight excluding hydrogens is 176 g/mol. The lowest BCUT2D eigenvalue weighted by Gasteiger charge is -2.27. The number of hydrogen-bond acceptors (Lipinski definition) is 2. The Kier molecular flexibility index (Phi) is 4.63. The molecule has 2 nitrogen and oxygen atoms in total. The van der Waals surface area contributed by atoms with Crippen LogP contribution >= 0.6 is 0 Å². The zero-order valence-electron chi connectivity index (χ0n) is 9.33. The van der Waals surface area contributed by atoms with E-state index in [1.54, 1.807) is 6.08 Å². The molecule has 0 amide bonds. The first kappa shape index (κ1) is 11.7. The molecule has 2 heteroatoms. The average molecular weight is 198 g/mol. The molecule has 1 N–H and O–H groups in total. The fraction of sp³-hybridized carbons (Fsp3) is 0.833. The van der Waals surface area contributed by atoms with Crippen molar-refractivity contribution in [2.24, 2.45) is 0 Å². The van der Waals surface area contributed by atoms with Gasteiger partial charge in [-0.05, 0) is 18.9 Å². The molecule has 0 fully saturated rings. The zero-order valence-corrected chi connectivity index (χ0v) is 9.33. The smallest absolute Gasteiger partial charge is 0.175 e. The summed E-state index contributed by atoms with van der Waals surface area (Å²) >= 11 is 0. The molecule has 0 radical (unpaired) electrons. The van der Waals surface area contributed by atoms with Crippen LogP contribution in [0, 0.1) is 0 Å². The van der Waals surface area contributed by atoms with E-state index in [1.165, 1.54) is 25.7 Å². The molecule has 0 aromatic carbocycles. The van der Waals surface area contributed by atoms with Gasteiger partial charge in [0.25, 0.3) is 0 Å². The quantitative estimate of drug-likeness (QED) is 0.665. The van der Waals surface area contributed by atoms with E-state index in [2.05, 4.69) is 19.9 Å². The summed E-state index contributed by atoms with van der Waals surface area (Å²) in [5.41, 5.74) is -0.161. The van der Waals surface area contributed by atoms with E-state index in [9.17, 15) is 5.11 Å². The summed E-state index contributed by atoms with van der Waals surface area (Å²) in [7, 11) is 0. The number of ether oxygens (including phenoxy) is 1. The summed E-state index contributed by atoms with van der Waals surface area (Å²) in [6, 6.07) is 0. The monoisotopic (exact) mass is 198 g/mol. The summed E-state index contributed by atoms with van der Waals surface area (Å²) in [5, 5.41) is 9.35. The van der Waals surface area contributed by atoms with Crippen LogP contribution in [0.4, 0.5) is 0 Å². The van der Waals surface area contributed by atoms with Crippen LogP contribution in [-0.2, 0) is 4.74 Å². The summed E-state index contributed by atoms with van der Waals surface area (Å²) in [5.74, 6) is 0. The van der Waals surface area contributed by atoms with Crippen molar-refractivity contribution >= 4 is 0 Å². The lowest BCUT2D eigenvalue weighted by atomic mass is 9.91. The number of unbranched alkanes of at least 4 members (excludes halogenated alkanes) is 2. The maximum Gasteiger partial charge on any atom is 0.175 e. The van der Waals surface area contributed by atoms with E-state index >= 15 is 0 Å². The molecule has 0 aliphatic carbocycles. The molecule has 1 heterocycles. The Morgan fingerprint density at radius 3 is 2.14 bits per heavy atom. The SMILES string of the molecule is CCCCC1(CCCC)C=CC(O)O1. The van der Waals surface area contributed by atoms with Crippen LogP contribution in [0.15, 0.2) is 12.2 Å². The Bertz CT molecular complexity index is 179. The first-order valence-electron chi connectivity index (χ1n) is 5.77. The van der Waals surface area contributed by atoms with Crippen molar-refractivity contribution in [1.82, 2.24) is 0 Å². The molecule has 0 spiro atoms. The predicted octanol–water partition coefficient (Wildman–Crippen LogP) is 3.01. The van der Waals surface area contributed by atoms with E-state index in [1.807, 2.05) is 0 Å². The van der Waals surface area contributed by atoms with Gasteiger partial charge in [-0.25, -0.2) is 0 Å². The van der Waals surface area contributed by atoms with Crippen LogP contribution in [-0.4, -0.2) is 17.0 Å². The van der Waals surface area contributed by atoms with Gasteiger partial charge >= 0.3 is 0 Å². The molecule has 14 heavy (non-hydrogen) atoms. The summed E-state index contributed by atoms with van der Waals surface area (Å²) in [6.07, 6.45) is 9.93. The molecule has 0 aromatic rings. The van der Waals surface area contributed by atoms with Crippen LogP contribution < -0.4 is 0 Å². The molecule has 1 aliphatic rings. The normalized spacial score (nSPS) is 24.4. The van der Waals surface area contributed by atoms with Gasteiger partial charge in [-0.2, -0.15) is 0 Å². The first-order valence-corrected chi connectivity index (χ1v) is 5.77. The fourth-order valence-corrected chi connectivity index (χ4v) is 1.94. The number of rotatable bonds is 6. The average Bonchev–Trinajstić information content (AvgIpc) is 2.55. The van der Waals surface area contributed by atoms with Crippen molar-refractivity contribution in [3.05, 3.63) is 12.2 Å². The summed E-state index contributed by atoms with van der Waals surface area (Å²) in [4.78, 5) is 0. The molecule has 1 atom stereocenters. The lowest BCUT2D eigenvalue weighted by molar-refractivity contribution is -0.129. The van der Waals surface area contributed by atoms with Crippen molar-refractivity contribution in [1.29, 1.82) is 0 Å². The van der Waals surface area contributed by atoms with Crippen LogP contribution in [0.2, 0.25) is 0 Å². The van der Waals surface area contributed by atoms with E-state index in [0.29, 0.717) is 0 Å². The highest BCUT2D eigenvalue weighted by Gasteiger charge is 2.33. The minimum Gasteiger partial charge on any atom is -0.365 e. The Hall–Kier alpha value is -0.340. The third-order valence-electron chi connectivity index (χ3n) is 2.83. The fourth-order valence-electron chi connectivity index (χ4n) is 1.94. The molecular formula is C12H22O2. The van der Waals surface area contributed by atoms with Gasteiger partial charge in [0.15, 0.2) is 6.29 Å². The van der Waals surface area contributed by atoms with Gasteiger partial charge in [-0.3, -0.25) is 0 Å². The van der Waals surface area contributed by atoms with Gasteiger partial charge in [0.2, 0.25) is 0 Å². The highest BCUT2D eigenvalue weighted by Crippen LogP contribution is 2.32. The second-order valence-corrected chi connectivity index (χ2v) is 4.14. The van der Waals surface area contributed by atoms with Gasteiger partial charge in [0.1, 0.15) is 0 Å². The molecule has 0 bridgehead atoms. The van der Waals surface area contributed by atoms with Crippen LogP contribution in [0.3, 0.4) is 0 Å². The van der Waals surface area contributed by atoms with Crippen molar-refractivity contribution in [2.45, 2.75) is 64.3 Å². The Balaban J connectivity index is 2.47. The standard InChI is InChI=1S/C12H22O2/c1-3-5-8-12(9-6-4-2)10-7-11(13)14-12/h7,10-11,13H,3-6,8-9H2,1-2H3. The summed E-state index contributed by atoms with van der Waals surface area (Å²) in [6.45, 7) is 4.37. The second kappa shape index (κ2) is 5.52. The first-order chi connectivity index (χ1) is 6.72. The highest BCUT2D eigenvalue weighted by molar-refractivity contribution is 5.09. The zero-order chi connectivity index (χ0) is 10.4. The second-order valence-electron chi connectivity index (χ2n) is 4.14. The molecule has 82 valence electrons. The van der Waals surface area contributed by atoms with Gasteiger partial charge in [-0.1, -0.05) is 45.6 Å². The van der Waals surface area contributed by atoms with Gasteiger partial charge in [-0.15, -0.1) is 0 Å². The van der Waals surface area contributed by atoms with Crippen molar-refractivity contribution in [3.63, 3.8) is 0 Å². The number of aliphatic hydroxyl groups is 1. The molecule has 0 saturated heterocycles. The minimum atomic E-state index is -0.677. The number of aliphatic hydroxyl groups excluding tert-OH is 1. The highest BCUT2D eigenvalue weighted by atomic mass is 16.6. The lowest BCUT2D eigenvalue weighted by Crippen LogP contribution is -2.29. The van der Waals surface area contributed by atoms with Crippen molar-refractivity contribution in [2.75, 3.05) is 0 Å². The van der Waals surface area contributed by atoms with E-state index in [0.717, 1.165) is 12.8 Å². The van der Waals surface area contributed by atoms with E-state index < -0.39 is 6.29 Å². The van der Waals surface area contributed by atoms with Crippen LogP contribution in [0.25, 0.3) is 0 Å². The topological polar surface area (TPSA) is 29.5 Å². The molecule has 0 saturated carbocycles. The van der Waals surface area contributed by atoms with Crippen molar-refractivity contribution < 1.29 is 9.84 Å². The largest absolute Gasteiger partial charge is 0.365 e. The molecule has 1 aliphatic heterocycles. The third kappa shape index (κ3) is 3.10. The Morgan fingerprint density at radius 2 is 1.79 bits per heavy atom. The molecule has 0 aromatic heterocycles.